The number of nitrogens with zero attached hydrogens (tertiary/aromatic N) is 1. The second kappa shape index (κ2) is 6.99. The predicted octanol–water partition coefficient (Wildman–Crippen LogP) is 3.66. The van der Waals surface area contributed by atoms with E-state index >= 15 is 0 Å². The molecule has 0 atom stereocenters. The van der Waals surface area contributed by atoms with Crippen molar-refractivity contribution in [1.29, 1.82) is 0 Å². The lowest BCUT2D eigenvalue weighted by atomic mass is 10.1. The first-order chi connectivity index (χ1) is 11.3. The zero-order valence-corrected chi connectivity index (χ0v) is 12.3. The number of halogens is 3. The molecule has 0 radical (unpaired) electrons. The number of nitro benzene ring substituents is 1. The van der Waals surface area contributed by atoms with E-state index in [1.54, 1.807) is 6.92 Å². The third-order valence-corrected chi connectivity index (χ3v) is 2.97. The Bertz CT molecular complexity index is 812. The van der Waals surface area contributed by atoms with E-state index in [4.69, 9.17) is 4.74 Å². The molecule has 2 aromatic rings. The maximum absolute atomic E-state index is 13.7. The summed E-state index contributed by atoms with van der Waals surface area (Å²) in [5, 5.41) is 13.1. The summed E-state index contributed by atoms with van der Waals surface area (Å²) in [5.41, 5.74) is -1.62. The summed E-state index contributed by atoms with van der Waals surface area (Å²) in [6.45, 7) is 1.90. The summed E-state index contributed by atoms with van der Waals surface area (Å²) >= 11 is 0. The van der Waals surface area contributed by atoms with Gasteiger partial charge < -0.3 is 10.1 Å². The summed E-state index contributed by atoms with van der Waals surface area (Å²) in [7, 11) is 0. The van der Waals surface area contributed by atoms with Gasteiger partial charge in [0.05, 0.1) is 17.6 Å². The fraction of sp³-hybridized carbons (Fsp3) is 0.133. The van der Waals surface area contributed by atoms with Crippen LogP contribution >= 0.6 is 0 Å². The first-order valence-corrected chi connectivity index (χ1v) is 6.70. The number of carbonyl (C=O) groups excluding carboxylic acids is 1. The second-order valence-electron chi connectivity index (χ2n) is 4.57. The molecule has 0 bridgehead atoms. The van der Waals surface area contributed by atoms with E-state index in [1.807, 2.05) is 0 Å². The second-order valence-corrected chi connectivity index (χ2v) is 4.57. The highest BCUT2D eigenvalue weighted by Crippen LogP contribution is 2.25. The van der Waals surface area contributed by atoms with Gasteiger partial charge in [0.15, 0.2) is 23.2 Å². The third kappa shape index (κ3) is 3.62. The van der Waals surface area contributed by atoms with Crippen LogP contribution in [0.2, 0.25) is 0 Å². The van der Waals surface area contributed by atoms with Crippen molar-refractivity contribution in [3.63, 3.8) is 0 Å². The van der Waals surface area contributed by atoms with E-state index in [9.17, 15) is 28.1 Å². The minimum atomic E-state index is -1.45. The summed E-state index contributed by atoms with van der Waals surface area (Å²) in [6, 6.07) is 4.22. The molecular weight excluding hydrogens is 329 g/mol. The van der Waals surface area contributed by atoms with Crippen LogP contribution in [0.1, 0.15) is 17.3 Å². The normalized spacial score (nSPS) is 10.3. The Morgan fingerprint density at radius 1 is 1.17 bits per heavy atom. The minimum Gasteiger partial charge on any atom is -0.491 e. The van der Waals surface area contributed by atoms with Gasteiger partial charge in [-0.15, -0.1) is 0 Å². The largest absolute Gasteiger partial charge is 0.491 e. The highest BCUT2D eigenvalue weighted by atomic mass is 19.2. The molecular formula is C15H11F3N2O4. The Labute approximate surface area is 134 Å². The quantitative estimate of drug-likeness (QED) is 0.665. The maximum atomic E-state index is 13.7. The fourth-order valence-corrected chi connectivity index (χ4v) is 1.92. The van der Waals surface area contributed by atoms with Crippen molar-refractivity contribution < 1.29 is 27.6 Å². The number of benzene rings is 2. The summed E-state index contributed by atoms with van der Waals surface area (Å²) in [5.74, 6) is -4.73. The van der Waals surface area contributed by atoms with E-state index in [1.165, 1.54) is 12.1 Å². The summed E-state index contributed by atoms with van der Waals surface area (Å²) in [6.07, 6.45) is 0. The first-order valence-electron chi connectivity index (χ1n) is 6.70. The molecule has 2 rings (SSSR count). The van der Waals surface area contributed by atoms with Crippen molar-refractivity contribution in [2.24, 2.45) is 0 Å². The van der Waals surface area contributed by atoms with Crippen LogP contribution in [0.25, 0.3) is 0 Å². The molecule has 0 aromatic heterocycles. The van der Waals surface area contributed by atoms with Crippen LogP contribution in [0, 0.1) is 27.6 Å². The Balaban J connectivity index is 2.32. The number of hydrogen-bond donors (Lipinski definition) is 1. The van der Waals surface area contributed by atoms with Crippen LogP contribution in [0.3, 0.4) is 0 Å². The average Bonchev–Trinajstić information content (AvgIpc) is 2.52. The molecule has 0 saturated heterocycles. The number of anilines is 1. The Kier molecular flexibility index (Phi) is 5.02. The Morgan fingerprint density at radius 3 is 2.42 bits per heavy atom. The molecule has 0 spiro atoms. The van der Waals surface area contributed by atoms with Gasteiger partial charge in [-0.25, -0.2) is 13.2 Å². The van der Waals surface area contributed by atoms with Gasteiger partial charge in [-0.05, 0) is 25.1 Å². The van der Waals surface area contributed by atoms with Crippen LogP contribution in [-0.2, 0) is 0 Å². The van der Waals surface area contributed by atoms with Gasteiger partial charge in [-0.3, -0.25) is 14.9 Å². The zero-order valence-electron chi connectivity index (χ0n) is 12.3. The molecule has 0 saturated carbocycles. The molecule has 0 aliphatic rings. The molecule has 0 heterocycles. The van der Waals surface area contributed by atoms with Crippen LogP contribution < -0.4 is 10.1 Å². The molecule has 9 heteroatoms. The molecule has 1 amide bonds. The third-order valence-electron chi connectivity index (χ3n) is 2.97. The van der Waals surface area contributed by atoms with Crippen molar-refractivity contribution in [2.45, 2.75) is 6.92 Å². The van der Waals surface area contributed by atoms with Gasteiger partial charge in [0, 0.05) is 11.8 Å². The highest BCUT2D eigenvalue weighted by Gasteiger charge is 2.24. The first kappa shape index (κ1) is 17.3. The van der Waals surface area contributed by atoms with E-state index in [0.29, 0.717) is 12.1 Å². The molecule has 6 nitrogen and oxygen atoms in total. The van der Waals surface area contributed by atoms with Crippen LogP contribution in [0.5, 0.6) is 5.75 Å². The molecule has 0 aliphatic heterocycles. The monoisotopic (exact) mass is 340 g/mol. The lowest BCUT2D eigenvalue weighted by Gasteiger charge is -2.09. The number of nitrogens with one attached hydrogen (secondary N) is 1. The topological polar surface area (TPSA) is 81.5 Å². The van der Waals surface area contributed by atoms with Crippen LogP contribution in [-0.4, -0.2) is 17.4 Å². The van der Waals surface area contributed by atoms with Crippen molar-refractivity contribution >= 4 is 17.3 Å². The standard InChI is InChI=1S/C15H11F3N2O4/c1-2-24-14-4-3-8(5-12(14)18)19-15(21)9-6-10(16)11(17)7-13(9)20(22)23/h3-7H,2H2,1H3,(H,19,21). The van der Waals surface area contributed by atoms with Gasteiger partial charge in [0.25, 0.3) is 11.6 Å². The molecule has 24 heavy (non-hydrogen) atoms. The smallest absolute Gasteiger partial charge is 0.285 e. The fourth-order valence-electron chi connectivity index (χ4n) is 1.92. The van der Waals surface area contributed by atoms with Crippen molar-refractivity contribution in [2.75, 3.05) is 11.9 Å². The lowest BCUT2D eigenvalue weighted by molar-refractivity contribution is -0.385. The molecule has 1 N–H and O–H groups in total. The molecule has 0 fully saturated rings. The van der Waals surface area contributed by atoms with Gasteiger partial charge >= 0.3 is 0 Å². The molecule has 126 valence electrons. The number of nitro groups is 1. The van der Waals surface area contributed by atoms with E-state index in [2.05, 4.69) is 5.32 Å². The Morgan fingerprint density at radius 2 is 1.83 bits per heavy atom. The number of ether oxygens (including phenoxy) is 1. The predicted molar refractivity (Wildman–Crippen MR) is 78.5 cm³/mol. The zero-order chi connectivity index (χ0) is 17.9. The highest BCUT2D eigenvalue weighted by molar-refractivity contribution is 6.07. The number of carbonyl (C=O) groups is 1. The van der Waals surface area contributed by atoms with E-state index in [-0.39, 0.29) is 18.0 Å². The van der Waals surface area contributed by atoms with E-state index in [0.717, 1.165) is 6.07 Å². The number of hydrogen-bond acceptors (Lipinski definition) is 4. The Hall–Kier alpha value is -3.10. The van der Waals surface area contributed by atoms with Gasteiger partial charge in [0.2, 0.25) is 0 Å². The maximum Gasteiger partial charge on any atom is 0.285 e. The number of amides is 1. The van der Waals surface area contributed by atoms with Gasteiger partial charge in [-0.1, -0.05) is 0 Å². The molecule has 0 unspecified atom stereocenters. The average molecular weight is 340 g/mol. The molecule has 0 aliphatic carbocycles. The molecule has 2 aromatic carbocycles. The summed E-state index contributed by atoms with van der Waals surface area (Å²) in [4.78, 5) is 21.9. The summed E-state index contributed by atoms with van der Waals surface area (Å²) < 4.78 is 45.1. The van der Waals surface area contributed by atoms with Gasteiger partial charge in [0.1, 0.15) is 5.56 Å². The van der Waals surface area contributed by atoms with Crippen molar-refractivity contribution in [1.82, 2.24) is 0 Å². The van der Waals surface area contributed by atoms with Gasteiger partial charge in [-0.2, -0.15) is 0 Å². The SMILES string of the molecule is CCOc1ccc(NC(=O)c2cc(F)c(F)cc2[N+](=O)[O-])cc1F. The number of rotatable bonds is 5. The van der Waals surface area contributed by atoms with Crippen molar-refractivity contribution in [3.8, 4) is 5.75 Å². The minimum absolute atomic E-state index is 0.0278. The lowest BCUT2D eigenvalue weighted by Crippen LogP contribution is -2.15. The van der Waals surface area contributed by atoms with Crippen LogP contribution in [0.4, 0.5) is 24.5 Å². The van der Waals surface area contributed by atoms with Crippen molar-refractivity contribution in [3.05, 3.63) is 63.5 Å². The van der Waals surface area contributed by atoms with E-state index < -0.39 is 39.5 Å². The van der Waals surface area contributed by atoms with Crippen LogP contribution in [0.15, 0.2) is 30.3 Å².